The Labute approximate surface area is 106 Å². The molecule has 1 aliphatic rings. The lowest BCUT2D eigenvalue weighted by atomic mass is 9.80. The molecule has 0 N–H and O–H groups in total. The fourth-order valence-electron chi connectivity index (χ4n) is 3.03. The minimum absolute atomic E-state index is 0.0184. The number of hydrogen-bond donors (Lipinski definition) is 0. The predicted molar refractivity (Wildman–Crippen MR) is 67.9 cm³/mol. The molecule has 3 atom stereocenters. The van der Waals surface area contributed by atoms with Gasteiger partial charge in [0.05, 0.1) is 5.92 Å². The van der Waals surface area contributed by atoms with Crippen molar-refractivity contribution in [1.82, 2.24) is 0 Å². The van der Waals surface area contributed by atoms with Gasteiger partial charge in [-0.25, -0.2) is 0 Å². The van der Waals surface area contributed by atoms with Crippen LogP contribution in [-0.4, -0.2) is 17.8 Å². The first-order valence-corrected chi connectivity index (χ1v) is 6.34. The molecule has 0 amide bonds. The Kier molecular flexibility index (Phi) is 4.07. The van der Waals surface area contributed by atoms with E-state index in [-0.39, 0.29) is 29.2 Å². The van der Waals surface area contributed by atoms with E-state index in [1.54, 1.807) is 0 Å². The van der Waals surface area contributed by atoms with E-state index in [4.69, 9.17) is 0 Å². The smallest absolute Gasteiger partial charge is 0.210 e. The number of carbonyl (C=O) groups excluding carboxylic acids is 1. The molecular weight excluding hydrogens is 230 g/mol. The van der Waals surface area contributed by atoms with Crippen LogP contribution in [0.4, 0.5) is 0 Å². The van der Waals surface area contributed by atoms with Gasteiger partial charge >= 0.3 is 0 Å². The summed E-state index contributed by atoms with van der Waals surface area (Å²) in [5.74, 6) is -0.0376. The van der Waals surface area contributed by atoms with Crippen LogP contribution < -0.4 is 0 Å². The first kappa shape index (κ1) is 12.7. The fraction of sp³-hybridized carbons (Fsp3) is 0.500. The third-order valence-corrected chi connectivity index (χ3v) is 3.89. The molecule has 0 saturated heterocycles. The highest BCUT2D eigenvalue weighted by Crippen LogP contribution is 2.40. The van der Waals surface area contributed by atoms with Gasteiger partial charge in [0.15, 0.2) is 0 Å². The Bertz CT molecular complexity index is 418. The van der Waals surface area contributed by atoms with Crippen molar-refractivity contribution in [1.29, 1.82) is 0 Å². The number of benzene rings is 1. The Morgan fingerprint density at radius 3 is 2.67 bits per heavy atom. The van der Waals surface area contributed by atoms with E-state index in [0.717, 1.165) is 31.1 Å². The molecule has 0 bridgehead atoms. The average molecular weight is 247 g/mol. The Morgan fingerprint density at radius 2 is 2.06 bits per heavy atom. The highest BCUT2D eigenvalue weighted by Gasteiger charge is 2.36. The van der Waals surface area contributed by atoms with Crippen LogP contribution in [0, 0.1) is 22.0 Å². The van der Waals surface area contributed by atoms with Crippen molar-refractivity contribution >= 4 is 6.29 Å². The van der Waals surface area contributed by atoms with Gasteiger partial charge in [0.1, 0.15) is 6.29 Å². The normalized spacial score (nSPS) is 24.7. The third-order valence-electron chi connectivity index (χ3n) is 3.89. The molecule has 1 aliphatic carbocycles. The molecular formula is C14H17NO3. The summed E-state index contributed by atoms with van der Waals surface area (Å²) in [5.41, 5.74) is 0.980. The summed E-state index contributed by atoms with van der Waals surface area (Å²) in [5, 5.41) is 10.9. The molecule has 1 aromatic carbocycles. The van der Waals surface area contributed by atoms with Crippen molar-refractivity contribution in [2.75, 3.05) is 6.54 Å². The topological polar surface area (TPSA) is 60.2 Å². The zero-order valence-electron chi connectivity index (χ0n) is 10.2. The first-order chi connectivity index (χ1) is 8.72. The van der Waals surface area contributed by atoms with Crippen LogP contribution in [0.1, 0.15) is 30.7 Å². The van der Waals surface area contributed by atoms with Gasteiger partial charge in [-0.2, -0.15) is 0 Å². The van der Waals surface area contributed by atoms with E-state index >= 15 is 0 Å². The minimum atomic E-state index is -0.266. The Hall–Kier alpha value is -1.71. The predicted octanol–water partition coefficient (Wildman–Crippen LogP) is 2.66. The van der Waals surface area contributed by atoms with Crippen molar-refractivity contribution in [2.24, 2.45) is 11.8 Å². The molecule has 2 rings (SSSR count). The van der Waals surface area contributed by atoms with Crippen molar-refractivity contribution < 1.29 is 9.72 Å². The van der Waals surface area contributed by atoms with Crippen molar-refractivity contribution in [3.63, 3.8) is 0 Å². The van der Waals surface area contributed by atoms with Gasteiger partial charge in [-0.1, -0.05) is 36.8 Å². The Balaban J connectivity index is 2.25. The summed E-state index contributed by atoms with van der Waals surface area (Å²) < 4.78 is 0. The summed E-state index contributed by atoms with van der Waals surface area (Å²) >= 11 is 0. The quantitative estimate of drug-likeness (QED) is 0.456. The summed E-state index contributed by atoms with van der Waals surface area (Å²) in [6.45, 7) is -0.0843. The van der Waals surface area contributed by atoms with Crippen molar-refractivity contribution in [2.45, 2.75) is 25.2 Å². The number of nitro groups is 1. The van der Waals surface area contributed by atoms with E-state index in [0.29, 0.717) is 0 Å². The molecule has 4 nitrogen and oxygen atoms in total. The summed E-state index contributed by atoms with van der Waals surface area (Å²) in [4.78, 5) is 21.7. The van der Waals surface area contributed by atoms with Gasteiger partial charge in [-0.05, 0) is 24.3 Å². The number of aldehydes is 1. The lowest BCUT2D eigenvalue weighted by molar-refractivity contribution is -0.485. The number of carbonyl (C=O) groups is 1. The number of rotatable bonds is 5. The fourth-order valence-corrected chi connectivity index (χ4v) is 3.03. The van der Waals surface area contributed by atoms with E-state index in [1.165, 1.54) is 0 Å². The second-order valence-corrected chi connectivity index (χ2v) is 4.93. The van der Waals surface area contributed by atoms with Gasteiger partial charge in [-0.3, -0.25) is 10.1 Å². The summed E-state index contributed by atoms with van der Waals surface area (Å²) in [6, 6.07) is 9.54. The van der Waals surface area contributed by atoms with Crippen molar-refractivity contribution in [3.8, 4) is 0 Å². The average Bonchev–Trinajstić information content (AvgIpc) is 2.85. The monoisotopic (exact) mass is 247 g/mol. The van der Waals surface area contributed by atoms with Gasteiger partial charge in [-0.15, -0.1) is 0 Å². The summed E-state index contributed by atoms with van der Waals surface area (Å²) in [6.07, 6.45) is 3.76. The van der Waals surface area contributed by atoms with Gasteiger partial charge in [0, 0.05) is 10.8 Å². The van der Waals surface area contributed by atoms with Gasteiger partial charge < -0.3 is 4.79 Å². The molecule has 4 heteroatoms. The second kappa shape index (κ2) is 5.76. The van der Waals surface area contributed by atoms with E-state index in [9.17, 15) is 14.9 Å². The molecule has 0 unspecified atom stereocenters. The van der Waals surface area contributed by atoms with Crippen LogP contribution in [0.25, 0.3) is 0 Å². The zero-order valence-corrected chi connectivity index (χ0v) is 10.2. The molecule has 0 heterocycles. The van der Waals surface area contributed by atoms with Crippen LogP contribution in [-0.2, 0) is 4.79 Å². The standard InChI is InChI=1S/C14H17NO3/c16-10-12-7-4-8-13(12)14(9-15(17)18)11-5-2-1-3-6-11/h1-3,5-6,10,12-14H,4,7-9H2/t12-,13+,14-/m0/s1. The van der Waals surface area contributed by atoms with Crippen molar-refractivity contribution in [3.05, 3.63) is 46.0 Å². The van der Waals surface area contributed by atoms with Gasteiger partial charge in [0.2, 0.25) is 6.54 Å². The lowest BCUT2D eigenvalue weighted by Gasteiger charge is -2.23. The Morgan fingerprint density at radius 1 is 1.33 bits per heavy atom. The largest absolute Gasteiger partial charge is 0.303 e. The minimum Gasteiger partial charge on any atom is -0.303 e. The molecule has 1 aromatic rings. The molecule has 0 spiro atoms. The first-order valence-electron chi connectivity index (χ1n) is 6.34. The highest BCUT2D eigenvalue weighted by atomic mass is 16.6. The lowest BCUT2D eigenvalue weighted by Crippen LogP contribution is -2.24. The highest BCUT2D eigenvalue weighted by molar-refractivity contribution is 5.55. The molecule has 0 aliphatic heterocycles. The zero-order chi connectivity index (χ0) is 13.0. The maximum Gasteiger partial charge on any atom is 0.210 e. The van der Waals surface area contributed by atoms with E-state index in [2.05, 4.69) is 0 Å². The van der Waals surface area contributed by atoms with Crippen LogP contribution >= 0.6 is 0 Å². The SMILES string of the molecule is O=C[C@@H]1CCC[C@H]1[C@@H](C[N+](=O)[O-])c1ccccc1. The summed E-state index contributed by atoms with van der Waals surface area (Å²) in [7, 11) is 0. The molecule has 1 saturated carbocycles. The number of nitrogens with zero attached hydrogens (tertiary/aromatic N) is 1. The molecule has 96 valence electrons. The van der Waals surface area contributed by atoms with Crippen LogP contribution in [0.5, 0.6) is 0 Å². The third kappa shape index (κ3) is 2.75. The molecule has 1 fully saturated rings. The second-order valence-electron chi connectivity index (χ2n) is 4.93. The van der Waals surface area contributed by atoms with Crippen LogP contribution in [0.15, 0.2) is 30.3 Å². The molecule has 18 heavy (non-hydrogen) atoms. The van der Waals surface area contributed by atoms with Gasteiger partial charge in [0.25, 0.3) is 0 Å². The van der Waals surface area contributed by atoms with Crippen LogP contribution in [0.2, 0.25) is 0 Å². The number of hydrogen-bond acceptors (Lipinski definition) is 3. The van der Waals surface area contributed by atoms with E-state index < -0.39 is 0 Å². The molecule has 0 aromatic heterocycles. The maximum atomic E-state index is 11.1. The van der Waals surface area contributed by atoms with E-state index in [1.807, 2.05) is 30.3 Å². The maximum absolute atomic E-state index is 11.1. The molecule has 0 radical (unpaired) electrons. The van der Waals surface area contributed by atoms with Crippen LogP contribution in [0.3, 0.4) is 0 Å².